The first-order valence-electron chi connectivity index (χ1n) is 16.1. The highest BCUT2D eigenvalue weighted by Gasteiger charge is 2.35. The molecule has 0 bridgehead atoms. The van der Waals surface area contributed by atoms with Gasteiger partial charge in [-0.1, -0.05) is 148 Å². The Morgan fingerprint density at radius 1 is 0.614 bits per heavy atom. The van der Waals surface area contributed by atoms with Crippen molar-refractivity contribution < 1.29 is 0 Å². The molecule has 0 spiro atoms. The Morgan fingerprint density at radius 3 is 1.64 bits per heavy atom. The molecule has 1 heterocycles. The Bertz CT molecular complexity index is 1620. The summed E-state index contributed by atoms with van der Waals surface area (Å²) in [7, 11) is 0. The molecule has 3 nitrogen and oxygen atoms in total. The number of hydrogen-bond donors (Lipinski definition) is 0. The minimum atomic E-state index is 0.0233. The Labute approximate surface area is 263 Å². The van der Waals surface area contributed by atoms with Gasteiger partial charge in [0.05, 0.1) is 17.1 Å². The summed E-state index contributed by atoms with van der Waals surface area (Å²) in [5.74, 6) is 0.743. The first-order valence-corrected chi connectivity index (χ1v) is 16.1. The summed E-state index contributed by atoms with van der Waals surface area (Å²) in [5, 5.41) is 0. The molecule has 1 aromatic heterocycles. The van der Waals surface area contributed by atoms with E-state index >= 15 is 0 Å². The molecule has 222 valence electrons. The summed E-state index contributed by atoms with van der Waals surface area (Å²) in [6.45, 7) is 8.01. The van der Waals surface area contributed by atoms with E-state index in [1.807, 2.05) is 58.2 Å². The predicted molar refractivity (Wildman–Crippen MR) is 188 cm³/mol. The molecule has 3 heteroatoms. The molecule has 1 aliphatic carbocycles. The Hall–Kier alpha value is -4.63. The van der Waals surface area contributed by atoms with E-state index < -0.39 is 0 Å². The van der Waals surface area contributed by atoms with Crippen LogP contribution in [0.3, 0.4) is 0 Å². The van der Waals surface area contributed by atoms with Gasteiger partial charge in [0.25, 0.3) is 0 Å². The topological polar surface area (TPSA) is 38.1 Å². The molecule has 0 atom stereocenters. The number of allylic oxidation sites excluding steroid dienone is 1. The van der Waals surface area contributed by atoms with Crippen LogP contribution in [-0.2, 0) is 5.41 Å². The van der Waals surface area contributed by atoms with Crippen LogP contribution in [0.2, 0.25) is 0 Å². The van der Waals surface area contributed by atoms with Gasteiger partial charge in [0.15, 0.2) is 5.82 Å². The van der Waals surface area contributed by atoms with Crippen LogP contribution in [0, 0.1) is 0 Å². The number of aliphatic imine (C=N–C) groups is 1. The van der Waals surface area contributed by atoms with Gasteiger partial charge in [0.1, 0.15) is 0 Å². The second-order valence-electron chi connectivity index (χ2n) is 11.1. The van der Waals surface area contributed by atoms with Gasteiger partial charge in [-0.25, -0.2) is 9.97 Å². The highest BCUT2D eigenvalue weighted by molar-refractivity contribution is 5.73. The minimum absolute atomic E-state index is 0.0233. The van der Waals surface area contributed by atoms with Gasteiger partial charge in [-0.05, 0) is 49.4 Å². The third kappa shape index (κ3) is 6.63. The number of benzene rings is 4. The van der Waals surface area contributed by atoms with Crippen LogP contribution >= 0.6 is 0 Å². The van der Waals surface area contributed by atoms with E-state index in [1.54, 1.807) is 0 Å². The van der Waals surface area contributed by atoms with Crippen molar-refractivity contribution in [1.29, 1.82) is 0 Å². The zero-order valence-electron chi connectivity index (χ0n) is 26.5. The van der Waals surface area contributed by atoms with Crippen LogP contribution < -0.4 is 0 Å². The highest BCUT2D eigenvalue weighted by atomic mass is 14.9. The van der Waals surface area contributed by atoms with Crippen LogP contribution in [0.25, 0.3) is 39.6 Å². The smallest absolute Gasteiger partial charge is 0.160 e. The average Bonchev–Trinajstić information content (AvgIpc) is 3.12. The van der Waals surface area contributed by atoms with Gasteiger partial charge in [-0.15, -0.1) is 0 Å². The molecule has 0 amide bonds. The Kier molecular flexibility index (Phi) is 10.3. The van der Waals surface area contributed by atoms with Gasteiger partial charge in [0, 0.05) is 28.3 Å². The molecule has 1 saturated carbocycles. The van der Waals surface area contributed by atoms with Crippen molar-refractivity contribution in [1.82, 2.24) is 9.97 Å². The maximum Gasteiger partial charge on any atom is 0.160 e. The highest BCUT2D eigenvalue weighted by Crippen LogP contribution is 2.45. The first kappa shape index (κ1) is 30.8. The fraction of sp³-hybridized carbons (Fsp3) is 0.244. The Balaban J connectivity index is 0.00000188. The normalized spacial score (nSPS) is 14.6. The second-order valence-corrected chi connectivity index (χ2v) is 11.1. The maximum absolute atomic E-state index is 5.04. The fourth-order valence-electron chi connectivity index (χ4n) is 6.34. The monoisotopic (exact) mass is 577 g/mol. The molecule has 6 rings (SSSR count). The van der Waals surface area contributed by atoms with Crippen LogP contribution in [0.4, 0.5) is 0 Å². The van der Waals surface area contributed by atoms with Crippen LogP contribution in [-0.4, -0.2) is 16.2 Å². The lowest BCUT2D eigenvalue weighted by Gasteiger charge is -2.39. The van der Waals surface area contributed by atoms with Crippen molar-refractivity contribution in [3.63, 3.8) is 0 Å². The molecule has 1 fully saturated rings. The Morgan fingerprint density at radius 2 is 1.11 bits per heavy atom. The lowest BCUT2D eigenvalue weighted by atomic mass is 9.65. The lowest BCUT2D eigenvalue weighted by molar-refractivity contribution is 0.346. The van der Waals surface area contributed by atoms with E-state index in [4.69, 9.17) is 9.97 Å². The summed E-state index contributed by atoms with van der Waals surface area (Å²) in [4.78, 5) is 14.5. The predicted octanol–water partition coefficient (Wildman–Crippen LogP) is 11.2. The molecule has 0 aliphatic heterocycles. The molecule has 4 aromatic carbocycles. The molecule has 1 aliphatic rings. The molecule has 5 aromatic rings. The number of rotatable bonds is 7. The molecule has 0 unspecified atom stereocenters. The van der Waals surface area contributed by atoms with Gasteiger partial charge in [-0.3, -0.25) is 4.99 Å². The van der Waals surface area contributed by atoms with Crippen LogP contribution in [0.5, 0.6) is 0 Å². The van der Waals surface area contributed by atoms with E-state index in [-0.39, 0.29) is 5.41 Å². The molecule has 0 N–H and O–H groups in total. The SMILES string of the molecule is CC.CC=N/C(=C\C)c1ccc(C2(c3ccc(-c4cc(-c5ccccc5)nc(-c5ccccc5)n4)cc3)CCCCC2)cc1. The van der Waals surface area contributed by atoms with Crippen molar-refractivity contribution >= 4 is 11.9 Å². The van der Waals surface area contributed by atoms with E-state index in [2.05, 4.69) is 102 Å². The summed E-state index contributed by atoms with van der Waals surface area (Å²) in [6.07, 6.45) is 10.1. The third-order valence-corrected chi connectivity index (χ3v) is 8.54. The standard InChI is InChI=1S/C39H37N3.C2H6/c1-3-35(40-4-2)30-18-22-33(23-19-30)39(26-12-7-13-27-39)34-24-20-31(21-25-34)37-28-36(29-14-8-5-9-15-29)41-38(42-37)32-16-10-6-11-17-32;1-2/h3-6,8-11,14-25,28H,7,12-13,26-27H2,1-2H3;1-2H3/b35-3-,40-4?;. The summed E-state index contributed by atoms with van der Waals surface area (Å²) < 4.78 is 0. The van der Waals surface area contributed by atoms with Gasteiger partial charge >= 0.3 is 0 Å². The molecular weight excluding hydrogens is 534 g/mol. The molecule has 44 heavy (non-hydrogen) atoms. The van der Waals surface area contributed by atoms with Crippen molar-refractivity contribution in [2.75, 3.05) is 0 Å². The maximum atomic E-state index is 5.04. The number of nitrogens with zero attached hydrogens (tertiary/aromatic N) is 3. The average molecular weight is 578 g/mol. The number of hydrogen-bond acceptors (Lipinski definition) is 3. The molecule has 0 radical (unpaired) electrons. The zero-order valence-corrected chi connectivity index (χ0v) is 26.5. The summed E-state index contributed by atoms with van der Waals surface area (Å²) in [6, 6.07) is 41.0. The second kappa shape index (κ2) is 14.7. The summed E-state index contributed by atoms with van der Waals surface area (Å²) >= 11 is 0. The van der Waals surface area contributed by atoms with Crippen molar-refractivity contribution in [3.05, 3.63) is 138 Å². The minimum Gasteiger partial charge on any atom is -0.261 e. The van der Waals surface area contributed by atoms with Gasteiger partial charge < -0.3 is 0 Å². The van der Waals surface area contributed by atoms with Gasteiger partial charge in [0.2, 0.25) is 0 Å². The molecular formula is C41H43N3. The van der Waals surface area contributed by atoms with Crippen molar-refractivity contribution in [3.8, 4) is 33.9 Å². The number of aromatic nitrogens is 2. The van der Waals surface area contributed by atoms with E-state index in [0.717, 1.165) is 45.2 Å². The largest absolute Gasteiger partial charge is 0.261 e. The zero-order chi connectivity index (χ0) is 30.8. The quantitative estimate of drug-likeness (QED) is 0.180. The fourth-order valence-corrected chi connectivity index (χ4v) is 6.34. The summed E-state index contributed by atoms with van der Waals surface area (Å²) in [5.41, 5.74) is 10.1. The van der Waals surface area contributed by atoms with Crippen LogP contribution in [0.15, 0.2) is 126 Å². The lowest BCUT2D eigenvalue weighted by Crippen LogP contribution is -2.30. The van der Waals surface area contributed by atoms with Crippen molar-refractivity contribution in [2.45, 2.75) is 65.2 Å². The van der Waals surface area contributed by atoms with Gasteiger partial charge in [-0.2, -0.15) is 0 Å². The van der Waals surface area contributed by atoms with E-state index in [9.17, 15) is 0 Å². The van der Waals surface area contributed by atoms with E-state index in [1.165, 1.54) is 43.2 Å². The third-order valence-electron chi connectivity index (χ3n) is 8.54. The van der Waals surface area contributed by atoms with Crippen LogP contribution in [0.1, 0.15) is 76.5 Å². The first-order chi connectivity index (χ1) is 21.7. The van der Waals surface area contributed by atoms with E-state index in [0.29, 0.717) is 0 Å². The molecule has 0 saturated heterocycles. The van der Waals surface area contributed by atoms with Crippen molar-refractivity contribution in [2.24, 2.45) is 4.99 Å².